The van der Waals surface area contributed by atoms with Crippen molar-refractivity contribution in [3.05, 3.63) is 59.7 Å². The normalized spacial score (nSPS) is 15.6. The highest BCUT2D eigenvalue weighted by molar-refractivity contribution is 7.92. The van der Waals surface area contributed by atoms with Crippen molar-refractivity contribution in [1.29, 1.82) is 0 Å². The van der Waals surface area contributed by atoms with E-state index < -0.39 is 10.0 Å². The van der Waals surface area contributed by atoms with Gasteiger partial charge in [-0.15, -0.1) is 0 Å². The van der Waals surface area contributed by atoms with Gasteiger partial charge < -0.3 is 4.90 Å². The zero-order valence-electron chi connectivity index (χ0n) is 16.6. The third-order valence-electron chi connectivity index (χ3n) is 5.28. The number of likely N-dealkylation sites (tertiary alicyclic amines) is 1. The number of aryl methyl sites for hydroxylation is 1. The Morgan fingerprint density at radius 2 is 1.54 bits per heavy atom. The van der Waals surface area contributed by atoms with E-state index in [2.05, 4.69) is 0 Å². The van der Waals surface area contributed by atoms with E-state index in [9.17, 15) is 13.2 Å². The Hall–Kier alpha value is -2.34. The molecule has 0 saturated carbocycles. The molecular weight excluding hydrogens is 372 g/mol. The molecule has 0 atom stereocenters. The van der Waals surface area contributed by atoms with Gasteiger partial charge in [0.2, 0.25) is 0 Å². The quantitative estimate of drug-likeness (QED) is 0.772. The van der Waals surface area contributed by atoms with E-state index in [0.717, 1.165) is 44.3 Å². The first kappa shape index (κ1) is 20.4. The standard InChI is InChI=1S/C22H28N2O3S/c1-18-11-13-20(14-12-18)23(2)28(26,27)21-10-8-9-19(17-21)22(25)24-15-6-4-3-5-7-16-24/h8-14,17H,3-7,15-16H2,1-2H3. The lowest BCUT2D eigenvalue weighted by atomic mass is 10.1. The van der Waals surface area contributed by atoms with E-state index >= 15 is 0 Å². The first-order valence-corrected chi connectivity index (χ1v) is 11.3. The van der Waals surface area contributed by atoms with Gasteiger partial charge in [0.15, 0.2) is 0 Å². The molecule has 1 aliphatic heterocycles. The highest BCUT2D eigenvalue weighted by Crippen LogP contribution is 2.24. The fourth-order valence-electron chi connectivity index (χ4n) is 3.47. The number of anilines is 1. The van der Waals surface area contributed by atoms with Crippen LogP contribution in [0, 0.1) is 6.92 Å². The molecule has 0 N–H and O–H groups in total. The van der Waals surface area contributed by atoms with Gasteiger partial charge in [0, 0.05) is 25.7 Å². The summed E-state index contributed by atoms with van der Waals surface area (Å²) in [6.45, 7) is 3.43. The molecule has 28 heavy (non-hydrogen) atoms. The summed E-state index contributed by atoms with van der Waals surface area (Å²) >= 11 is 0. The summed E-state index contributed by atoms with van der Waals surface area (Å²) in [6.07, 6.45) is 5.50. The van der Waals surface area contributed by atoms with Gasteiger partial charge in [0.1, 0.15) is 0 Å². The second-order valence-electron chi connectivity index (χ2n) is 7.40. The molecule has 6 heteroatoms. The van der Waals surface area contributed by atoms with Crippen LogP contribution >= 0.6 is 0 Å². The summed E-state index contributed by atoms with van der Waals surface area (Å²) in [4.78, 5) is 14.9. The van der Waals surface area contributed by atoms with Crippen LogP contribution in [0.5, 0.6) is 0 Å². The molecule has 150 valence electrons. The number of carbonyl (C=O) groups excluding carboxylic acids is 1. The van der Waals surface area contributed by atoms with Gasteiger partial charge in [-0.3, -0.25) is 9.10 Å². The fourth-order valence-corrected chi connectivity index (χ4v) is 4.72. The smallest absolute Gasteiger partial charge is 0.264 e. The van der Waals surface area contributed by atoms with Crippen molar-refractivity contribution in [3.8, 4) is 0 Å². The summed E-state index contributed by atoms with van der Waals surface area (Å²) in [5.41, 5.74) is 2.08. The van der Waals surface area contributed by atoms with Crippen molar-refractivity contribution >= 4 is 21.6 Å². The third kappa shape index (κ3) is 4.55. The summed E-state index contributed by atoms with van der Waals surface area (Å²) in [5, 5.41) is 0. The number of sulfonamides is 1. The first-order chi connectivity index (χ1) is 13.4. The highest BCUT2D eigenvalue weighted by Gasteiger charge is 2.24. The molecule has 0 aromatic heterocycles. The first-order valence-electron chi connectivity index (χ1n) is 9.84. The molecule has 0 spiro atoms. The maximum absolute atomic E-state index is 13.1. The molecule has 2 aromatic rings. The third-order valence-corrected chi connectivity index (χ3v) is 7.06. The molecule has 1 heterocycles. The molecule has 3 rings (SSSR count). The number of carbonyl (C=O) groups is 1. The van der Waals surface area contributed by atoms with Crippen LogP contribution in [0.1, 0.15) is 48.0 Å². The SMILES string of the molecule is Cc1ccc(N(C)S(=O)(=O)c2cccc(C(=O)N3CCCCCCC3)c2)cc1. The Morgan fingerprint density at radius 3 is 2.18 bits per heavy atom. The molecule has 0 radical (unpaired) electrons. The van der Waals surface area contributed by atoms with Gasteiger partial charge in [-0.05, 0) is 50.1 Å². The van der Waals surface area contributed by atoms with E-state index in [1.54, 1.807) is 30.3 Å². The molecule has 1 fully saturated rings. The number of nitrogens with zero attached hydrogens (tertiary/aromatic N) is 2. The largest absolute Gasteiger partial charge is 0.339 e. The molecule has 0 aliphatic carbocycles. The van der Waals surface area contributed by atoms with Gasteiger partial charge >= 0.3 is 0 Å². The zero-order chi connectivity index (χ0) is 20.1. The molecule has 5 nitrogen and oxygen atoms in total. The zero-order valence-corrected chi connectivity index (χ0v) is 17.4. The van der Waals surface area contributed by atoms with E-state index in [-0.39, 0.29) is 10.8 Å². The molecule has 0 unspecified atom stereocenters. The van der Waals surface area contributed by atoms with Gasteiger partial charge in [-0.2, -0.15) is 0 Å². The average molecular weight is 401 g/mol. The van der Waals surface area contributed by atoms with Gasteiger partial charge in [-0.1, -0.05) is 43.0 Å². The van der Waals surface area contributed by atoms with Crippen LogP contribution in [0.2, 0.25) is 0 Å². The van der Waals surface area contributed by atoms with Gasteiger partial charge in [0.05, 0.1) is 10.6 Å². The van der Waals surface area contributed by atoms with Crippen LogP contribution in [0.25, 0.3) is 0 Å². The highest BCUT2D eigenvalue weighted by atomic mass is 32.2. The average Bonchev–Trinajstić information content (AvgIpc) is 2.67. The molecule has 1 amide bonds. The minimum atomic E-state index is -3.74. The monoisotopic (exact) mass is 400 g/mol. The lowest BCUT2D eigenvalue weighted by Gasteiger charge is -2.25. The van der Waals surface area contributed by atoms with E-state index in [1.807, 2.05) is 24.0 Å². The van der Waals surface area contributed by atoms with Crippen molar-refractivity contribution < 1.29 is 13.2 Å². The van der Waals surface area contributed by atoms with Crippen LogP contribution < -0.4 is 4.31 Å². The Kier molecular flexibility index (Phi) is 6.39. The van der Waals surface area contributed by atoms with Gasteiger partial charge in [-0.25, -0.2) is 8.42 Å². The molecular formula is C22H28N2O3S. The fraction of sp³-hybridized carbons (Fsp3) is 0.409. The van der Waals surface area contributed by atoms with Crippen LogP contribution in [0.4, 0.5) is 5.69 Å². The Labute approximate surface area is 168 Å². The summed E-state index contributed by atoms with van der Waals surface area (Å²) in [7, 11) is -2.21. The van der Waals surface area contributed by atoms with Crippen molar-refractivity contribution in [2.45, 2.75) is 43.9 Å². The number of hydrogen-bond acceptors (Lipinski definition) is 3. The van der Waals surface area contributed by atoms with Crippen LogP contribution in [-0.4, -0.2) is 39.4 Å². The molecule has 0 bridgehead atoms. The Morgan fingerprint density at radius 1 is 0.929 bits per heavy atom. The number of rotatable bonds is 4. The van der Waals surface area contributed by atoms with Crippen LogP contribution in [0.15, 0.2) is 53.4 Å². The Bertz CT molecular complexity index is 915. The predicted molar refractivity (Wildman–Crippen MR) is 112 cm³/mol. The van der Waals surface area contributed by atoms with Crippen LogP contribution in [0.3, 0.4) is 0 Å². The topological polar surface area (TPSA) is 57.7 Å². The van der Waals surface area contributed by atoms with E-state index in [0.29, 0.717) is 11.3 Å². The second-order valence-corrected chi connectivity index (χ2v) is 9.37. The maximum atomic E-state index is 13.1. The summed E-state index contributed by atoms with van der Waals surface area (Å²) < 4.78 is 27.4. The molecule has 1 aliphatic rings. The second kappa shape index (κ2) is 8.78. The number of benzene rings is 2. The summed E-state index contributed by atoms with van der Waals surface area (Å²) in [5.74, 6) is -0.0862. The van der Waals surface area contributed by atoms with E-state index in [4.69, 9.17) is 0 Å². The van der Waals surface area contributed by atoms with Crippen molar-refractivity contribution in [1.82, 2.24) is 4.90 Å². The predicted octanol–water partition coefficient (Wildman–Crippen LogP) is 4.23. The molecule has 2 aromatic carbocycles. The maximum Gasteiger partial charge on any atom is 0.264 e. The van der Waals surface area contributed by atoms with Crippen molar-refractivity contribution in [3.63, 3.8) is 0 Å². The minimum Gasteiger partial charge on any atom is -0.339 e. The lowest BCUT2D eigenvalue weighted by Crippen LogP contribution is -2.34. The molecule has 1 saturated heterocycles. The minimum absolute atomic E-state index is 0.0862. The Balaban J connectivity index is 1.85. The number of amides is 1. The van der Waals surface area contributed by atoms with Crippen molar-refractivity contribution in [2.75, 3.05) is 24.4 Å². The number of hydrogen-bond donors (Lipinski definition) is 0. The lowest BCUT2D eigenvalue weighted by molar-refractivity contribution is 0.0742. The van der Waals surface area contributed by atoms with Gasteiger partial charge in [0.25, 0.3) is 15.9 Å². The summed E-state index contributed by atoms with van der Waals surface area (Å²) in [6, 6.07) is 13.7. The van der Waals surface area contributed by atoms with E-state index in [1.165, 1.54) is 23.8 Å². The van der Waals surface area contributed by atoms with Crippen LogP contribution in [-0.2, 0) is 10.0 Å². The van der Waals surface area contributed by atoms with Crippen molar-refractivity contribution in [2.24, 2.45) is 0 Å².